The van der Waals surface area contributed by atoms with Crippen LogP contribution in [0.4, 0.5) is 0 Å². The van der Waals surface area contributed by atoms with Gasteiger partial charge in [0, 0.05) is 6.54 Å². The summed E-state index contributed by atoms with van der Waals surface area (Å²) in [7, 11) is 0. The molecule has 1 aromatic carbocycles. The lowest BCUT2D eigenvalue weighted by Gasteiger charge is -2.29. The summed E-state index contributed by atoms with van der Waals surface area (Å²) >= 11 is 0. The molecule has 1 amide bonds. The first kappa shape index (κ1) is 16.0. The Balaban J connectivity index is 2.05. The summed E-state index contributed by atoms with van der Waals surface area (Å²) in [6.07, 6.45) is 5.17. The molecule has 0 aromatic heterocycles. The van der Waals surface area contributed by atoms with Crippen molar-refractivity contribution in [2.45, 2.75) is 45.6 Å². The van der Waals surface area contributed by atoms with E-state index in [1.807, 2.05) is 18.2 Å². The van der Waals surface area contributed by atoms with E-state index in [2.05, 4.69) is 36.2 Å². The van der Waals surface area contributed by atoms with Gasteiger partial charge in [0.25, 0.3) is 0 Å². The Labute approximate surface area is 128 Å². The first-order valence-corrected chi connectivity index (χ1v) is 8.33. The minimum absolute atomic E-state index is 0.150. The summed E-state index contributed by atoms with van der Waals surface area (Å²) in [6.45, 7) is 6.83. The number of carbonyl (C=O) groups excluding carboxylic acids is 1. The van der Waals surface area contributed by atoms with Crippen LogP contribution in [0.3, 0.4) is 0 Å². The molecule has 21 heavy (non-hydrogen) atoms. The van der Waals surface area contributed by atoms with Gasteiger partial charge >= 0.3 is 0 Å². The Morgan fingerprint density at radius 3 is 2.38 bits per heavy atom. The van der Waals surface area contributed by atoms with Gasteiger partial charge in [-0.15, -0.1) is 0 Å². The molecule has 2 rings (SSSR count). The molecule has 0 spiro atoms. The van der Waals surface area contributed by atoms with Gasteiger partial charge in [-0.1, -0.05) is 57.0 Å². The standard InChI is InChI=1S/C18H28N2O/c1-3-20(4-2)17(16-12-6-5-7-13-16)18(21)19-14-15-10-8-9-11-15/h5-7,12-13,15,17H,3-4,8-11,14H2,1-2H3,(H,19,21). The minimum atomic E-state index is -0.164. The lowest BCUT2D eigenvalue weighted by molar-refractivity contribution is -0.126. The quantitative estimate of drug-likeness (QED) is 0.834. The zero-order valence-corrected chi connectivity index (χ0v) is 13.3. The fraction of sp³-hybridized carbons (Fsp3) is 0.611. The van der Waals surface area contributed by atoms with Crippen molar-refractivity contribution in [2.24, 2.45) is 5.92 Å². The van der Waals surface area contributed by atoms with Gasteiger partial charge in [0.15, 0.2) is 0 Å². The summed E-state index contributed by atoms with van der Waals surface area (Å²) in [6, 6.07) is 9.96. The average molecular weight is 288 g/mol. The number of benzene rings is 1. The van der Waals surface area contributed by atoms with Gasteiger partial charge in [-0.25, -0.2) is 0 Å². The van der Waals surface area contributed by atoms with Crippen LogP contribution >= 0.6 is 0 Å². The van der Waals surface area contributed by atoms with E-state index in [1.54, 1.807) is 0 Å². The molecule has 0 saturated heterocycles. The fourth-order valence-corrected chi connectivity index (χ4v) is 3.31. The molecule has 1 aromatic rings. The molecule has 1 aliphatic carbocycles. The van der Waals surface area contributed by atoms with E-state index in [4.69, 9.17) is 0 Å². The Morgan fingerprint density at radius 1 is 1.19 bits per heavy atom. The molecule has 0 heterocycles. The number of nitrogens with one attached hydrogen (secondary N) is 1. The van der Waals surface area contributed by atoms with E-state index < -0.39 is 0 Å². The molecule has 3 nitrogen and oxygen atoms in total. The number of carbonyl (C=O) groups is 1. The second kappa shape index (κ2) is 8.18. The third kappa shape index (κ3) is 4.31. The van der Waals surface area contributed by atoms with Crippen LogP contribution in [0.2, 0.25) is 0 Å². The monoisotopic (exact) mass is 288 g/mol. The van der Waals surface area contributed by atoms with E-state index in [-0.39, 0.29) is 11.9 Å². The summed E-state index contributed by atoms with van der Waals surface area (Å²) in [5.74, 6) is 0.832. The Hall–Kier alpha value is -1.35. The van der Waals surface area contributed by atoms with Crippen molar-refractivity contribution in [1.29, 1.82) is 0 Å². The topological polar surface area (TPSA) is 32.3 Å². The van der Waals surface area contributed by atoms with Crippen LogP contribution in [0.25, 0.3) is 0 Å². The third-order valence-electron chi connectivity index (χ3n) is 4.58. The maximum atomic E-state index is 12.7. The molecule has 0 aliphatic heterocycles. The molecule has 1 aliphatic rings. The molecule has 1 saturated carbocycles. The maximum Gasteiger partial charge on any atom is 0.241 e. The van der Waals surface area contributed by atoms with Crippen LogP contribution in [0.15, 0.2) is 30.3 Å². The summed E-state index contributed by atoms with van der Waals surface area (Å²) < 4.78 is 0. The SMILES string of the molecule is CCN(CC)C(C(=O)NCC1CCCC1)c1ccccc1. The average Bonchev–Trinajstić information content (AvgIpc) is 3.04. The molecule has 0 bridgehead atoms. The zero-order valence-electron chi connectivity index (χ0n) is 13.3. The van der Waals surface area contributed by atoms with Gasteiger partial charge in [-0.3, -0.25) is 9.69 Å². The van der Waals surface area contributed by atoms with Gasteiger partial charge < -0.3 is 5.32 Å². The molecule has 1 atom stereocenters. The molecule has 0 radical (unpaired) electrons. The van der Waals surface area contributed by atoms with E-state index in [0.717, 1.165) is 25.2 Å². The molecule has 1 fully saturated rings. The van der Waals surface area contributed by atoms with Crippen LogP contribution in [0.5, 0.6) is 0 Å². The van der Waals surface area contributed by atoms with Crippen molar-refractivity contribution in [3.8, 4) is 0 Å². The normalized spacial score (nSPS) is 17.1. The van der Waals surface area contributed by atoms with Crippen LogP contribution < -0.4 is 5.32 Å². The molecular weight excluding hydrogens is 260 g/mol. The van der Waals surface area contributed by atoms with Crippen molar-refractivity contribution in [1.82, 2.24) is 10.2 Å². The van der Waals surface area contributed by atoms with Crippen LogP contribution in [0, 0.1) is 5.92 Å². The van der Waals surface area contributed by atoms with Crippen LogP contribution in [-0.2, 0) is 4.79 Å². The summed E-state index contributed by atoms with van der Waals surface area (Å²) in [5.41, 5.74) is 1.09. The second-order valence-corrected chi connectivity index (χ2v) is 5.93. The number of hydrogen-bond acceptors (Lipinski definition) is 2. The number of amides is 1. The van der Waals surface area contributed by atoms with Gasteiger partial charge in [0.1, 0.15) is 6.04 Å². The maximum absolute atomic E-state index is 12.7. The minimum Gasteiger partial charge on any atom is -0.354 e. The van der Waals surface area contributed by atoms with Crippen molar-refractivity contribution in [3.63, 3.8) is 0 Å². The third-order valence-corrected chi connectivity index (χ3v) is 4.58. The van der Waals surface area contributed by atoms with Crippen LogP contribution in [0.1, 0.15) is 51.1 Å². The predicted molar refractivity (Wildman–Crippen MR) is 87.1 cm³/mol. The van der Waals surface area contributed by atoms with E-state index in [0.29, 0.717) is 5.92 Å². The molecule has 1 unspecified atom stereocenters. The molecule has 3 heteroatoms. The molecular formula is C18H28N2O. The smallest absolute Gasteiger partial charge is 0.241 e. The first-order valence-electron chi connectivity index (χ1n) is 8.33. The van der Waals surface area contributed by atoms with E-state index >= 15 is 0 Å². The second-order valence-electron chi connectivity index (χ2n) is 5.93. The number of hydrogen-bond donors (Lipinski definition) is 1. The largest absolute Gasteiger partial charge is 0.354 e. The van der Waals surface area contributed by atoms with Gasteiger partial charge in [0.2, 0.25) is 5.91 Å². The molecule has 116 valence electrons. The molecule has 1 N–H and O–H groups in total. The highest BCUT2D eigenvalue weighted by molar-refractivity contribution is 5.83. The zero-order chi connectivity index (χ0) is 15.1. The van der Waals surface area contributed by atoms with Gasteiger partial charge in [0.05, 0.1) is 0 Å². The van der Waals surface area contributed by atoms with Crippen molar-refractivity contribution in [2.75, 3.05) is 19.6 Å². The van der Waals surface area contributed by atoms with Crippen molar-refractivity contribution in [3.05, 3.63) is 35.9 Å². The number of likely N-dealkylation sites (N-methyl/N-ethyl adjacent to an activating group) is 1. The lowest BCUT2D eigenvalue weighted by atomic mass is 10.0. The predicted octanol–water partition coefficient (Wildman–Crippen LogP) is 3.38. The highest BCUT2D eigenvalue weighted by Crippen LogP contribution is 2.25. The fourth-order valence-electron chi connectivity index (χ4n) is 3.31. The Kier molecular flexibility index (Phi) is 6.24. The van der Waals surface area contributed by atoms with Crippen LogP contribution in [-0.4, -0.2) is 30.4 Å². The van der Waals surface area contributed by atoms with E-state index in [1.165, 1.54) is 25.7 Å². The first-order chi connectivity index (χ1) is 10.3. The lowest BCUT2D eigenvalue weighted by Crippen LogP contribution is -2.41. The van der Waals surface area contributed by atoms with Crippen molar-refractivity contribution >= 4 is 5.91 Å². The number of nitrogens with zero attached hydrogens (tertiary/aromatic N) is 1. The van der Waals surface area contributed by atoms with Gasteiger partial charge in [-0.05, 0) is 37.4 Å². The van der Waals surface area contributed by atoms with E-state index in [9.17, 15) is 4.79 Å². The van der Waals surface area contributed by atoms with Crippen molar-refractivity contribution < 1.29 is 4.79 Å². The summed E-state index contributed by atoms with van der Waals surface area (Å²) in [4.78, 5) is 14.9. The Bertz CT molecular complexity index is 422. The highest BCUT2D eigenvalue weighted by Gasteiger charge is 2.26. The number of rotatable bonds is 7. The highest BCUT2D eigenvalue weighted by atomic mass is 16.2. The van der Waals surface area contributed by atoms with Gasteiger partial charge in [-0.2, -0.15) is 0 Å². The summed E-state index contributed by atoms with van der Waals surface area (Å²) in [5, 5.41) is 3.19. The Morgan fingerprint density at radius 2 is 1.81 bits per heavy atom.